The Balaban J connectivity index is 1.62. The van der Waals surface area contributed by atoms with E-state index in [1.807, 2.05) is 19.1 Å². The highest BCUT2D eigenvalue weighted by molar-refractivity contribution is 6.14. The van der Waals surface area contributed by atoms with Gasteiger partial charge in [0, 0.05) is 17.7 Å². The third-order valence-corrected chi connectivity index (χ3v) is 5.50. The van der Waals surface area contributed by atoms with Gasteiger partial charge in [0.15, 0.2) is 0 Å². The number of rotatable bonds is 2. The summed E-state index contributed by atoms with van der Waals surface area (Å²) in [5.74, 6) is -0.768. The van der Waals surface area contributed by atoms with Crippen LogP contribution in [0.5, 0.6) is 5.75 Å². The molecule has 0 radical (unpaired) electrons. The first-order valence-electron chi connectivity index (χ1n) is 9.34. The summed E-state index contributed by atoms with van der Waals surface area (Å²) in [6, 6.07) is 10.6. The minimum Gasteiger partial charge on any atom is -0.406 e. The average molecular weight is 428 g/mol. The molecule has 0 saturated heterocycles. The molecule has 3 aromatic rings. The fourth-order valence-corrected chi connectivity index (χ4v) is 4.19. The first-order chi connectivity index (χ1) is 14.7. The van der Waals surface area contributed by atoms with Crippen LogP contribution < -0.4 is 15.4 Å². The predicted molar refractivity (Wildman–Crippen MR) is 104 cm³/mol. The Morgan fingerprint density at radius 3 is 2.52 bits per heavy atom. The fraction of sp³-hybridized carbons (Fsp3) is 0.190. The van der Waals surface area contributed by atoms with Crippen molar-refractivity contribution in [1.29, 1.82) is 0 Å². The van der Waals surface area contributed by atoms with Gasteiger partial charge in [0.25, 0.3) is 0 Å². The second-order valence-corrected chi connectivity index (χ2v) is 7.49. The zero-order valence-electron chi connectivity index (χ0n) is 16.1. The zero-order chi connectivity index (χ0) is 22.0. The maximum atomic E-state index is 13.1. The maximum Gasteiger partial charge on any atom is 0.573 e. The van der Waals surface area contributed by atoms with Gasteiger partial charge < -0.3 is 15.4 Å². The molecule has 1 spiro atoms. The van der Waals surface area contributed by atoms with Crippen molar-refractivity contribution in [3.8, 4) is 11.4 Å². The number of aryl methyl sites for hydroxylation is 1. The number of amides is 2. The molecule has 10 heteroatoms. The van der Waals surface area contributed by atoms with Crippen molar-refractivity contribution >= 4 is 23.3 Å². The van der Waals surface area contributed by atoms with Gasteiger partial charge in [0.2, 0.25) is 11.8 Å². The lowest BCUT2D eigenvalue weighted by molar-refractivity contribution is -0.274. The van der Waals surface area contributed by atoms with Gasteiger partial charge in [-0.1, -0.05) is 17.7 Å². The molecular formula is C21H15F3N4O3. The van der Waals surface area contributed by atoms with E-state index < -0.39 is 11.8 Å². The molecule has 0 saturated carbocycles. The Kier molecular flexibility index (Phi) is 3.92. The lowest BCUT2D eigenvalue weighted by Gasteiger charge is -2.31. The number of nitrogens with one attached hydrogen (secondary N) is 2. The minimum absolute atomic E-state index is 0.0770. The normalized spacial score (nSPS) is 19.6. The number of hydrogen-bond donors (Lipinski definition) is 2. The number of anilines is 2. The molecule has 2 aliphatic rings. The summed E-state index contributed by atoms with van der Waals surface area (Å²) in [6.07, 6.45) is -3.37. The van der Waals surface area contributed by atoms with Gasteiger partial charge in [-0.2, -0.15) is 5.10 Å². The van der Waals surface area contributed by atoms with Gasteiger partial charge in [0.05, 0.1) is 11.9 Å². The maximum absolute atomic E-state index is 13.1. The molecule has 31 heavy (non-hydrogen) atoms. The first-order valence-corrected chi connectivity index (χ1v) is 9.34. The second kappa shape index (κ2) is 6.34. The zero-order valence-corrected chi connectivity index (χ0v) is 16.1. The van der Waals surface area contributed by atoms with Crippen molar-refractivity contribution < 1.29 is 27.5 Å². The van der Waals surface area contributed by atoms with E-state index in [9.17, 15) is 22.8 Å². The second-order valence-electron chi connectivity index (χ2n) is 7.49. The molecule has 1 aromatic heterocycles. The Hall–Kier alpha value is -3.82. The quantitative estimate of drug-likeness (QED) is 0.653. The summed E-state index contributed by atoms with van der Waals surface area (Å²) in [4.78, 5) is 25.7. The molecule has 2 aliphatic heterocycles. The summed E-state index contributed by atoms with van der Waals surface area (Å²) < 4.78 is 42.5. The van der Waals surface area contributed by atoms with Gasteiger partial charge in [-0.05, 0) is 42.8 Å². The van der Waals surface area contributed by atoms with Crippen molar-refractivity contribution in [2.24, 2.45) is 0 Å². The third kappa shape index (κ3) is 2.94. The van der Waals surface area contributed by atoms with Crippen LogP contribution in [0.3, 0.4) is 0 Å². The molecule has 2 N–H and O–H groups in total. The predicted octanol–water partition coefficient (Wildman–Crippen LogP) is 3.66. The highest BCUT2D eigenvalue weighted by Crippen LogP contribution is 2.50. The van der Waals surface area contributed by atoms with Crippen LogP contribution in [-0.4, -0.2) is 28.0 Å². The van der Waals surface area contributed by atoms with E-state index in [1.54, 1.807) is 6.07 Å². The molecule has 0 bridgehead atoms. The van der Waals surface area contributed by atoms with E-state index in [-0.39, 0.29) is 24.0 Å². The number of ether oxygens (including phenoxy) is 1. The van der Waals surface area contributed by atoms with Gasteiger partial charge in [-0.3, -0.25) is 9.59 Å². The lowest BCUT2D eigenvalue weighted by Crippen LogP contribution is -2.43. The van der Waals surface area contributed by atoms with Crippen LogP contribution in [0, 0.1) is 6.92 Å². The summed E-state index contributed by atoms with van der Waals surface area (Å²) in [6.45, 7) is 1.90. The van der Waals surface area contributed by atoms with Gasteiger partial charge >= 0.3 is 6.36 Å². The Bertz CT molecular complexity index is 1230. The van der Waals surface area contributed by atoms with Crippen LogP contribution in [0.2, 0.25) is 0 Å². The van der Waals surface area contributed by atoms with Crippen molar-refractivity contribution in [3.05, 3.63) is 65.4 Å². The number of aromatic nitrogens is 2. The van der Waals surface area contributed by atoms with Crippen molar-refractivity contribution in [2.75, 3.05) is 10.6 Å². The topological polar surface area (TPSA) is 85.2 Å². The molecule has 2 aromatic carbocycles. The number of nitrogens with zero attached hydrogens (tertiary/aromatic N) is 2. The number of halogens is 3. The van der Waals surface area contributed by atoms with Crippen LogP contribution in [0.25, 0.3) is 5.69 Å². The Labute approximate surface area is 173 Å². The average Bonchev–Trinajstić information content (AvgIpc) is 3.22. The first kappa shape index (κ1) is 19.2. The molecule has 3 heterocycles. The van der Waals surface area contributed by atoms with E-state index in [0.717, 1.165) is 17.7 Å². The highest BCUT2D eigenvalue weighted by atomic mass is 19.4. The fourth-order valence-electron chi connectivity index (χ4n) is 4.19. The van der Waals surface area contributed by atoms with Crippen LogP contribution >= 0.6 is 0 Å². The number of carbonyl (C=O) groups is 2. The summed E-state index contributed by atoms with van der Waals surface area (Å²) in [5, 5.41) is 9.91. The third-order valence-electron chi connectivity index (χ3n) is 5.50. The largest absolute Gasteiger partial charge is 0.573 e. The van der Waals surface area contributed by atoms with Crippen molar-refractivity contribution in [1.82, 2.24) is 9.78 Å². The molecule has 0 unspecified atom stereocenters. The Morgan fingerprint density at radius 1 is 1.06 bits per heavy atom. The van der Waals surface area contributed by atoms with Crippen LogP contribution in [0.1, 0.15) is 23.1 Å². The smallest absolute Gasteiger partial charge is 0.406 e. The number of fused-ring (bicyclic) bond motifs is 4. The molecule has 158 valence electrons. The van der Waals surface area contributed by atoms with E-state index in [0.29, 0.717) is 28.3 Å². The molecule has 0 aliphatic carbocycles. The van der Waals surface area contributed by atoms with Gasteiger partial charge in [-0.25, -0.2) is 4.68 Å². The minimum atomic E-state index is -4.80. The molecule has 7 nitrogen and oxygen atoms in total. The molecule has 1 atom stereocenters. The molecular weight excluding hydrogens is 413 g/mol. The van der Waals surface area contributed by atoms with Crippen LogP contribution in [0.4, 0.5) is 24.7 Å². The standard InChI is InChI=1S/C21H15F3N4O3/c1-11-2-7-16-14(8-11)20(19(30)26-16)9-17(29)27-18-15(20)10-25-28(18)12-3-5-13(6-4-12)31-21(22,23)24/h2-8,10H,9H2,1H3,(H,26,30)(H,27,29)/t20-/m1/s1. The summed E-state index contributed by atoms with van der Waals surface area (Å²) in [5.41, 5.74) is 1.96. The number of alkyl halides is 3. The van der Waals surface area contributed by atoms with Gasteiger partial charge in [-0.15, -0.1) is 13.2 Å². The van der Waals surface area contributed by atoms with E-state index in [1.165, 1.54) is 23.0 Å². The lowest BCUT2D eigenvalue weighted by atomic mass is 9.71. The monoisotopic (exact) mass is 428 g/mol. The Morgan fingerprint density at radius 2 is 1.81 bits per heavy atom. The summed E-state index contributed by atoms with van der Waals surface area (Å²) >= 11 is 0. The number of hydrogen-bond acceptors (Lipinski definition) is 4. The number of benzene rings is 2. The van der Waals surface area contributed by atoms with Crippen LogP contribution in [-0.2, 0) is 15.0 Å². The van der Waals surface area contributed by atoms with E-state index >= 15 is 0 Å². The summed E-state index contributed by atoms with van der Waals surface area (Å²) in [7, 11) is 0. The van der Waals surface area contributed by atoms with Crippen molar-refractivity contribution in [3.63, 3.8) is 0 Å². The highest BCUT2D eigenvalue weighted by Gasteiger charge is 2.54. The van der Waals surface area contributed by atoms with E-state index in [2.05, 4.69) is 20.5 Å². The number of carbonyl (C=O) groups excluding carboxylic acids is 2. The molecule has 2 amide bonds. The van der Waals surface area contributed by atoms with Crippen LogP contribution in [0.15, 0.2) is 48.7 Å². The SMILES string of the molecule is Cc1ccc2c(c1)[C@@]1(CC(=O)Nc3c1cnn3-c1ccc(OC(F)(F)F)cc1)C(=O)N2. The van der Waals surface area contributed by atoms with Gasteiger partial charge in [0.1, 0.15) is 17.0 Å². The van der Waals surface area contributed by atoms with Crippen molar-refractivity contribution in [2.45, 2.75) is 25.1 Å². The molecule has 5 rings (SSSR count). The molecule has 0 fully saturated rings. The van der Waals surface area contributed by atoms with E-state index in [4.69, 9.17) is 0 Å².